The van der Waals surface area contributed by atoms with Gasteiger partial charge in [-0.2, -0.15) is 0 Å². The van der Waals surface area contributed by atoms with E-state index < -0.39 is 11.4 Å². The van der Waals surface area contributed by atoms with E-state index in [1.807, 2.05) is 24.3 Å². The number of alkyl halides is 1. The van der Waals surface area contributed by atoms with Crippen molar-refractivity contribution in [2.45, 2.75) is 18.5 Å². The molecule has 0 unspecified atom stereocenters. The SMILES string of the molecule is Fc1cccnc1CNc1ncnc2sc([C@]3(F)B=C3CNCCc3nc4ccccc4[nH]3)nc12. The maximum atomic E-state index is 15.5. The average Bonchev–Trinajstić information content (AvgIpc) is 3.21. The number of nitrogens with zero attached hydrogens (tertiary/aromatic N) is 5. The first-order valence-corrected chi connectivity index (χ1v) is 11.9. The summed E-state index contributed by atoms with van der Waals surface area (Å²) in [5.74, 6) is 0.897. The first kappa shape index (κ1) is 21.9. The Hall–Kier alpha value is -3.64. The molecular formula is C23H19BF2N8S. The Balaban J connectivity index is 1.08. The molecule has 0 radical (unpaired) electrons. The summed E-state index contributed by atoms with van der Waals surface area (Å²) < 4.78 is 29.4. The van der Waals surface area contributed by atoms with Crippen molar-refractivity contribution in [2.75, 3.05) is 18.4 Å². The van der Waals surface area contributed by atoms with Gasteiger partial charge in [0.25, 0.3) is 0 Å². The molecule has 5 aromatic rings. The molecule has 0 aliphatic carbocycles. The van der Waals surface area contributed by atoms with E-state index in [9.17, 15) is 4.39 Å². The van der Waals surface area contributed by atoms with Gasteiger partial charge in [0.05, 0.1) is 0 Å². The molecule has 174 valence electrons. The average molecular weight is 488 g/mol. The molecule has 6 rings (SSSR count). The summed E-state index contributed by atoms with van der Waals surface area (Å²) in [5.41, 5.74) is 1.62. The molecule has 1 aliphatic rings. The minimum absolute atomic E-state index is 0.130. The van der Waals surface area contributed by atoms with Gasteiger partial charge < -0.3 is 0 Å². The number of aromatic amines is 1. The van der Waals surface area contributed by atoms with E-state index in [0.29, 0.717) is 46.1 Å². The van der Waals surface area contributed by atoms with Crippen molar-refractivity contribution in [3.8, 4) is 0 Å². The number of halogens is 2. The zero-order valence-corrected chi connectivity index (χ0v) is 19.2. The number of hydrogen-bond donors (Lipinski definition) is 3. The second kappa shape index (κ2) is 8.86. The Bertz CT molecular complexity index is 1530. The molecule has 0 bridgehead atoms. The van der Waals surface area contributed by atoms with Crippen LogP contribution in [0.5, 0.6) is 0 Å². The third kappa shape index (κ3) is 4.30. The third-order valence-corrected chi connectivity index (χ3v) is 6.89. The Labute approximate surface area is 203 Å². The number of anilines is 1. The van der Waals surface area contributed by atoms with Crippen molar-refractivity contribution in [3.05, 3.63) is 71.3 Å². The molecule has 1 aromatic carbocycles. The summed E-state index contributed by atoms with van der Waals surface area (Å²) in [7, 11) is 0. The molecule has 8 nitrogen and oxygen atoms in total. The molecular weight excluding hydrogens is 469 g/mol. The summed E-state index contributed by atoms with van der Waals surface area (Å²) in [5, 5.41) is 6.63. The molecule has 1 atom stereocenters. The summed E-state index contributed by atoms with van der Waals surface area (Å²) in [6, 6.07) is 10.8. The molecule has 1 aliphatic heterocycles. The quantitative estimate of drug-likeness (QED) is 0.217. The van der Waals surface area contributed by atoms with E-state index in [4.69, 9.17) is 0 Å². The summed E-state index contributed by atoms with van der Waals surface area (Å²) in [6.45, 7) is 2.78. The van der Waals surface area contributed by atoms with E-state index in [2.05, 4.69) is 40.5 Å². The van der Waals surface area contributed by atoms with Gasteiger partial charge in [0, 0.05) is 0 Å². The fourth-order valence-corrected chi connectivity index (χ4v) is 4.89. The Morgan fingerprint density at radius 1 is 1.06 bits per heavy atom. The summed E-state index contributed by atoms with van der Waals surface area (Å²) >= 11 is 1.19. The Morgan fingerprint density at radius 3 is 2.86 bits per heavy atom. The van der Waals surface area contributed by atoms with Crippen molar-refractivity contribution >= 4 is 50.9 Å². The Morgan fingerprint density at radius 2 is 1.97 bits per heavy atom. The molecule has 0 saturated carbocycles. The number of benzene rings is 1. The number of fused-ring (bicyclic) bond motifs is 2. The number of pyridine rings is 1. The molecule has 35 heavy (non-hydrogen) atoms. The molecule has 0 spiro atoms. The van der Waals surface area contributed by atoms with E-state index in [1.54, 1.807) is 6.92 Å². The van der Waals surface area contributed by atoms with Crippen molar-refractivity contribution in [1.29, 1.82) is 0 Å². The number of imidazole rings is 1. The number of H-pyrrole nitrogens is 1. The van der Waals surface area contributed by atoms with Gasteiger partial charge in [-0.1, -0.05) is 0 Å². The van der Waals surface area contributed by atoms with Gasteiger partial charge in [-0.25, -0.2) is 0 Å². The zero-order chi connectivity index (χ0) is 23.8. The van der Waals surface area contributed by atoms with Crippen molar-refractivity contribution in [3.63, 3.8) is 0 Å². The van der Waals surface area contributed by atoms with E-state index in [1.165, 1.54) is 36.0 Å². The molecule has 5 heterocycles. The van der Waals surface area contributed by atoms with Crippen LogP contribution in [0.15, 0.2) is 48.9 Å². The van der Waals surface area contributed by atoms with Crippen LogP contribution in [0.4, 0.5) is 14.6 Å². The standard InChI is InChI=1S/C23H19BF2N8S/c25-13-4-3-8-28-16(13)10-29-20-19-21(31-12-30-20)35-22(34-19)23(26)17(24-23)11-27-9-7-18-32-14-5-1-2-6-15(14)33-18/h1-6,8,12,27H,7,9-11H2,(H,32,33)(H,29,30,31)/t23-/m0/s1. The van der Waals surface area contributed by atoms with Crippen molar-refractivity contribution in [2.24, 2.45) is 0 Å². The van der Waals surface area contributed by atoms with Gasteiger partial charge >= 0.3 is 203 Å². The number of rotatable bonds is 9. The van der Waals surface area contributed by atoms with Crippen LogP contribution >= 0.6 is 11.3 Å². The maximum absolute atomic E-state index is 15.5. The van der Waals surface area contributed by atoms with E-state index in [-0.39, 0.29) is 12.2 Å². The first-order chi connectivity index (χ1) is 17.1. The van der Waals surface area contributed by atoms with Gasteiger partial charge in [-0.15, -0.1) is 0 Å². The predicted octanol–water partition coefficient (Wildman–Crippen LogP) is 2.95. The summed E-state index contributed by atoms with van der Waals surface area (Å²) in [6.07, 6.45) is 3.62. The molecule has 0 fully saturated rings. The molecule has 0 saturated heterocycles. The van der Waals surface area contributed by atoms with Gasteiger partial charge in [0.2, 0.25) is 0 Å². The number of aromatic nitrogens is 6. The van der Waals surface area contributed by atoms with Crippen LogP contribution in [0.2, 0.25) is 0 Å². The first-order valence-electron chi connectivity index (χ1n) is 11.1. The van der Waals surface area contributed by atoms with Crippen LogP contribution in [0.1, 0.15) is 16.5 Å². The number of nitrogens with one attached hydrogen (secondary N) is 3. The van der Waals surface area contributed by atoms with Gasteiger partial charge in [0.15, 0.2) is 0 Å². The topological polar surface area (TPSA) is 104 Å². The molecule has 3 N–H and O–H groups in total. The van der Waals surface area contributed by atoms with Gasteiger partial charge in [0.1, 0.15) is 0 Å². The van der Waals surface area contributed by atoms with Crippen molar-refractivity contribution < 1.29 is 8.78 Å². The van der Waals surface area contributed by atoms with Gasteiger partial charge in [-0.05, 0) is 0 Å². The fraction of sp³-hybridized carbons (Fsp3) is 0.217. The van der Waals surface area contributed by atoms with Crippen LogP contribution in [0, 0.1) is 5.82 Å². The van der Waals surface area contributed by atoms with Crippen LogP contribution in [0.25, 0.3) is 21.4 Å². The normalized spacial score (nSPS) is 16.9. The van der Waals surface area contributed by atoms with E-state index >= 15 is 4.39 Å². The van der Waals surface area contributed by atoms with Crippen LogP contribution in [-0.2, 0) is 18.5 Å². The van der Waals surface area contributed by atoms with Crippen LogP contribution < -0.4 is 10.6 Å². The molecule has 12 heteroatoms. The van der Waals surface area contributed by atoms with Crippen molar-refractivity contribution in [1.82, 2.24) is 35.2 Å². The summed E-state index contributed by atoms with van der Waals surface area (Å²) in [4.78, 5) is 25.3. The van der Waals surface area contributed by atoms with Crippen LogP contribution in [0.3, 0.4) is 0 Å². The minimum atomic E-state index is -1.68. The molecule has 0 amide bonds. The zero-order valence-electron chi connectivity index (χ0n) is 18.4. The van der Waals surface area contributed by atoms with Crippen LogP contribution in [-0.4, -0.2) is 55.4 Å². The predicted molar refractivity (Wildman–Crippen MR) is 133 cm³/mol. The monoisotopic (exact) mass is 488 g/mol. The third-order valence-electron chi connectivity index (χ3n) is 5.81. The number of thiazole rings is 1. The number of para-hydroxylation sites is 2. The number of hydrogen-bond acceptors (Lipinski definition) is 8. The second-order valence-electron chi connectivity index (χ2n) is 8.19. The Kier molecular flexibility index (Phi) is 5.54. The second-order valence-corrected chi connectivity index (χ2v) is 9.17. The van der Waals surface area contributed by atoms with E-state index in [0.717, 1.165) is 16.9 Å². The van der Waals surface area contributed by atoms with Gasteiger partial charge in [-0.3, -0.25) is 0 Å². The molecule has 4 aromatic heterocycles. The fourth-order valence-electron chi connectivity index (χ4n) is 3.89.